The van der Waals surface area contributed by atoms with Crippen molar-refractivity contribution in [2.45, 2.75) is 13.0 Å². The fourth-order valence-corrected chi connectivity index (χ4v) is 4.24. The fraction of sp³-hybridized carbons (Fsp3) is 0.333. The van der Waals surface area contributed by atoms with Gasteiger partial charge in [0.15, 0.2) is 10.8 Å². The molecule has 0 aliphatic carbocycles. The number of hydrogen-bond donors (Lipinski definition) is 1. The fourth-order valence-electron chi connectivity index (χ4n) is 3.28. The summed E-state index contributed by atoms with van der Waals surface area (Å²) in [7, 11) is 0. The summed E-state index contributed by atoms with van der Waals surface area (Å²) in [6, 6.07) is 13.5. The van der Waals surface area contributed by atoms with E-state index >= 15 is 0 Å². The van der Waals surface area contributed by atoms with Gasteiger partial charge in [-0.1, -0.05) is 30.3 Å². The third kappa shape index (κ3) is 4.32. The molecule has 3 heterocycles. The van der Waals surface area contributed by atoms with Crippen molar-refractivity contribution < 1.29 is 13.9 Å². The molecule has 0 radical (unpaired) electrons. The van der Waals surface area contributed by atoms with E-state index < -0.39 is 0 Å². The first-order valence-corrected chi connectivity index (χ1v) is 10.2. The summed E-state index contributed by atoms with van der Waals surface area (Å²) < 4.78 is 10.9. The minimum atomic E-state index is -0.102. The molecule has 2 aromatic heterocycles. The number of carbonyl (C=O) groups is 1. The minimum Gasteiger partial charge on any atom is -0.462 e. The first kappa shape index (κ1) is 18.9. The average Bonchev–Trinajstić information content (AvgIpc) is 3.39. The lowest BCUT2D eigenvalue weighted by atomic mass is 10.1. The molecule has 28 heavy (non-hydrogen) atoms. The van der Waals surface area contributed by atoms with E-state index in [2.05, 4.69) is 10.2 Å². The normalized spacial score (nSPS) is 16.0. The highest BCUT2D eigenvalue weighted by Gasteiger charge is 2.23. The summed E-state index contributed by atoms with van der Waals surface area (Å²) in [4.78, 5) is 20.7. The zero-order valence-electron chi connectivity index (χ0n) is 15.8. The van der Waals surface area contributed by atoms with Gasteiger partial charge in [-0.25, -0.2) is 4.98 Å². The Bertz CT molecular complexity index is 902. The van der Waals surface area contributed by atoms with Gasteiger partial charge in [0, 0.05) is 31.2 Å². The lowest BCUT2D eigenvalue weighted by Crippen LogP contribution is -2.45. The van der Waals surface area contributed by atoms with Crippen LogP contribution < -0.4 is 5.32 Å². The van der Waals surface area contributed by atoms with E-state index in [1.807, 2.05) is 49.4 Å². The van der Waals surface area contributed by atoms with Gasteiger partial charge in [-0.3, -0.25) is 9.69 Å². The summed E-state index contributed by atoms with van der Waals surface area (Å²) in [6.45, 7) is 6.14. The largest absolute Gasteiger partial charge is 0.462 e. The van der Waals surface area contributed by atoms with Crippen LogP contribution in [0.3, 0.4) is 0 Å². The molecule has 1 N–H and O–H groups in total. The van der Waals surface area contributed by atoms with Crippen LogP contribution in [0.25, 0.3) is 22.0 Å². The number of morpholine rings is 1. The lowest BCUT2D eigenvalue weighted by Gasteiger charge is -2.29. The highest BCUT2D eigenvalue weighted by atomic mass is 32.1. The molecule has 1 atom stereocenters. The van der Waals surface area contributed by atoms with Crippen LogP contribution in [0, 0.1) is 0 Å². The van der Waals surface area contributed by atoms with Crippen molar-refractivity contribution in [3.8, 4) is 22.0 Å². The number of aromatic nitrogens is 1. The summed E-state index contributed by atoms with van der Waals surface area (Å²) in [5.41, 5.74) is 1.61. The molecule has 6 nitrogen and oxygen atoms in total. The molecule has 7 heteroatoms. The number of nitrogens with zero attached hydrogens (tertiary/aromatic N) is 2. The summed E-state index contributed by atoms with van der Waals surface area (Å²) in [5.74, 6) is 0.567. The first-order valence-electron chi connectivity index (χ1n) is 9.42. The highest BCUT2D eigenvalue weighted by Crippen LogP contribution is 2.34. The number of carbonyl (C=O) groups excluding carboxylic acids is 1. The molecule has 3 aromatic rings. The molecular weight excluding hydrogens is 374 g/mol. The Labute approximate surface area is 168 Å². The maximum atomic E-state index is 13.1. The molecule has 0 saturated carbocycles. The van der Waals surface area contributed by atoms with Crippen molar-refractivity contribution in [2.24, 2.45) is 0 Å². The molecule has 1 aliphatic rings. The SMILES string of the molecule is CC(CN1CCOCC1)NC(=O)c1sc(-c2ccco2)nc1-c1ccccc1. The van der Waals surface area contributed by atoms with Crippen LogP contribution in [0.5, 0.6) is 0 Å². The maximum absolute atomic E-state index is 13.1. The third-order valence-electron chi connectivity index (χ3n) is 4.63. The topological polar surface area (TPSA) is 67.6 Å². The van der Waals surface area contributed by atoms with E-state index in [0.717, 1.165) is 38.4 Å². The molecule has 146 valence electrons. The number of thiazole rings is 1. The van der Waals surface area contributed by atoms with Gasteiger partial charge in [-0.05, 0) is 19.1 Å². The Hall–Kier alpha value is -2.48. The van der Waals surface area contributed by atoms with Crippen LogP contribution in [-0.4, -0.2) is 54.7 Å². The van der Waals surface area contributed by atoms with Gasteiger partial charge in [-0.2, -0.15) is 0 Å². The lowest BCUT2D eigenvalue weighted by molar-refractivity contribution is 0.0342. The molecule has 4 rings (SSSR count). The number of ether oxygens (including phenoxy) is 1. The summed E-state index contributed by atoms with van der Waals surface area (Å²) in [6.07, 6.45) is 1.61. The van der Waals surface area contributed by atoms with Crippen molar-refractivity contribution in [1.82, 2.24) is 15.2 Å². The molecule has 1 saturated heterocycles. The Morgan fingerprint density at radius 1 is 1.21 bits per heavy atom. The minimum absolute atomic E-state index is 0.0309. The highest BCUT2D eigenvalue weighted by molar-refractivity contribution is 7.17. The smallest absolute Gasteiger partial charge is 0.263 e. The monoisotopic (exact) mass is 397 g/mol. The van der Waals surface area contributed by atoms with Gasteiger partial charge >= 0.3 is 0 Å². The van der Waals surface area contributed by atoms with E-state index in [0.29, 0.717) is 21.3 Å². The van der Waals surface area contributed by atoms with Gasteiger partial charge in [0.1, 0.15) is 4.88 Å². The number of nitrogens with one attached hydrogen (secondary N) is 1. The molecule has 0 spiro atoms. The predicted octanol–water partition coefficient (Wildman–Crippen LogP) is 3.52. The molecule has 1 fully saturated rings. The molecule has 1 amide bonds. The second-order valence-corrected chi connectivity index (χ2v) is 7.83. The Kier molecular flexibility index (Phi) is 5.85. The molecule has 1 aromatic carbocycles. The Balaban J connectivity index is 1.55. The predicted molar refractivity (Wildman–Crippen MR) is 109 cm³/mol. The van der Waals surface area contributed by atoms with Crippen LogP contribution >= 0.6 is 11.3 Å². The molecule has 1 unspecified atom stereocenters. The first-order chi connectivity index (χ1) is 13.7. The van der Waals surface area contributed by atoms with Crippen LogP contribution in [0.15, 0.2) is 53.1 Å². The number of amides is 1. The van der Waals surface area contributed by atoms with Crippen molar-refractivity contribution in [2.75, 3.05) is 32.8 Å². The van der Waals surface area contributed by atoms with E-state index in [-0.39, 0.29) is 11.9 Å². The Morgan fingerprint density at radius 2 is 2.00 bits per heavy atom. The van der Waals surface area contributed by atoms with E-state index in [9.17, 15) is 4.79 Å². The number of rotatable bonds is 6. The zero-order chi connectivity index (χ0) is 19.3. The number of furan rings is 1. The summed E-state index contributed by atoms with van der Waals surface area (Å²) >= 11 is 1.36. The molecular formula is C21H23N3O3S. The van der Waals surface area contributed by atoms with Gasteiger partial charge in [0.05, 0.1) is 25.2 Å². The second kappa shape index (κ2) is 8.68. The van der Waals surface area contributed by atoms with Crippen LogP contribution in [0.2, 0.25) is 0 Å². The molecule has 0 bridgehead atoms. The number of hydrogen-bond acceptors (Lipinski definition) is 6. The van der Waals surface area contributed by atoms with Gasteiger partial charge < -0.3 is 14.5 Å². The van der Waals surface area contributed by atoms with Crippen molar-refractivity contribution in [3.63, 3.8) is 0 Å². The van der Waals surface area contributed by atoms with E-state index in [1.165, 1.54) is 11.3 Å². The maximum Gasteiger partial charge on any atom is 0.263 e. The van der Waals surface area contributed by atoms with Gasteiger partial charge in [0.25, 0.3) is 5.91 Å². The standard InChI is InChI=1S/C21H23N3O3S/c1-15(14-24-9-12-26-13-10-24)22-20(25)19-18(16-6-3-2-4-7-16)23-21(28-19)17-8-5-11-27-17/h2-8,11,15H,9-10,12-14H2,1H3,(H,22,25). The average molecular weight is 398 g/mol. The second-order valence-electron chi connectivity index (χ2n) is 6.83. The van der Waals surface area contributed by atoms with Crippen molar-refractivity contribution >= 4 is 17.2 Å². The van der Waals surface area contributed by atoms with Gasteiger partial charge in [0.2, 0.25) is 0 Å². The van der Waals surface area contributed by atoms with Gasteiger partial charge in [-0.15, -0.1) is 11.3 Å². The molecule has 1 aliphatic heterocycles. The van der Waals surface area contributed by atoms with Crippen LogP contribution in [0.1, 0.15) is 16.6 Å². The Morgan fingerprint density at radius 3 is 2.71 bits per heavy atom. The summed E-state index contributed by atoms with van der Waals surface area (Å²) in [5, 5.41) is 3.83. The van der Waals surface area contributed by atoms with Crippen molar-refractivity contribution in [3.05, 3.63) is 53.6 Å². The quantitative estimate of drug-likeness (QED) is 0.689. The zero-order valence-corrected chi connectivity index (χ0v) is 16.6. The van der Waals surface area contributed by atoms with E-state index in [4.69, 9.17) is 14.1 Å². The van der Waals surface area contributed by atoms with Crippen molar-refractivity contribution in [1.29, 1.82) is 0 Å². The van der Waals surface area contributed by atoms with E-state index in [1.54, 1.807) is 6.26 Å². The van der Waals surface area contributed by atoms with Crippen LogP contribution in [0.4, 0.5) is 0 Å². The number of benzene rings is 1. The van der Waals surface area contributed by atoms with Crippen LogP contribution in [-0.2, 0) is 4.74 Å². The third-order valence-corrected chi connectivity index (χ3v) is 5.69.